The van der Waals surface area contributed by atoms with Gasteiger partial charge in [0.2, 0.25) is 5.91 Å². The van der Waals surface area contributed by atoms with E-state index in [0.29, 0.717) is 12.4 Å². The summed E-state index contributed by atoms with van der Waals surface area (Å²) in [6, 6.07) is 16.6. The molecule has 32 heavy (non-hydrogen) atoms. The summed E-state index contributed by atoms with van der Waals surface area (Å²) in [5, 5.41) is 2.40. The minimum atomic E-state index is -4.11. The highest BCUT2D eigenvalue weighted by Gasteiger charge is 2.29. The van der Waals surface area contributed by atoms with E-state index in [1.54, 1.807) is 43.3 Å². The quantitative estimate of drug-likeness (QED) is 0.495. The molecule has 0 aliphatic heterocycles. The Kier molecular flexibility index (Phi) is 7.37. The van der Waals surface area contributed by atoms with Crippen molar-refractivity contribution in [3.05, 3.63) is 83.1 Å². The van der Waals surface area contributed by atoms with Gasteiger partial charge >= 0.3 is 0 Å². The second kappa shape index (κ2) is 10.0. The number of amides is 1. The summed E-state index contributed by atoms with van der Waals surface area (Å²) in [5.41, 5.74) is 1.37. The molecular formula is C23H22ClFN2O4S. The molecule has 0 atom stereocenters. The lowest BCUT2D eigenvalue weighted by Crippen LogP contribution is -2.38. The van der Waals surface area contributed by atoms with Gasteiger partial charge in [0.25, 0.3) is 10.0 Å². The van der Waals surface area contributed by atoms with Crippen LogP contribution in [0.15, 0.2) is 71.6 Å². The summed E-state index contributed by atoms with van der Waals surface area (Å²) in [5.74, 6) is -0.933. The van der Waals surface area contributed by atoms with Crippen molar-refractivity contribution in [3.63, 3.8) is 0 Å². The van der Waals surface area contributed by atoms with Crippen LogP contribution in [-0.2, 0) is 14.8 Å². The Hall–Kier alpha value is -3.10. The molecule has 1 N–H and O–H groups in total. The number of para-hydroxylation sites is 2. The van der Waals surface area contributed by atoms with Gasteiger partial charge in [-0.05, 0) is 56.3 Å². The van der Waals surface area contributed by atoms with Gasteiger partial charge in [0.1, 0.15) is 18.1 Å². The molecule has 0 fully saturated rings. The Labute approximate surface area is 191 Å². The van der Waals surface area contributed by atoms with Crippen molar-refractivity contribution in [2.45, 2.75) is 18.7 Å². The van der Waals surface area contributed by atoms with E-state index in [-0.39, 0.29) is 21.3 Å². The molecule has 0 aromatic heterocycles. The molecule has 168 valence electrons. The lowest BCUT2D eigenvalue weighted by Gasteiger charge is -2.26. The smallest absolute Gasteiger partial charge is 0.264 e. The number of rotatable bonds is 8. The standard InChI is InChI=1S/C23H22ClFN2O4S/c1-3-31-22-7-5-4-6-21(22)27(32(29,30)18-11-8-16(2)9-12-18)15-23(28)26-17-10-13-20(25)19(24)14-17/h4-14H,3,15H2,1-2H3,(H,26,28). The van der Waals surface area contributed by atoms with E-state index in [1.165, 1.54) is 24.3 Å². The predicted molar refractivity (Wildman–Crippen MR) is 123 cm³/mol. The van der Waals surface area contributed by atoms with Crippen LogP contribution in [0.1, 0.15) is 12.5 Å². The number of nitrogens with one attached hydrogen (secondary N) is 1. The molecule has 0 spiro atoms. The van der Waals surface area contributed by atoms with Crippen molar-refractivity contribution in [1.82, 2.24) is 0 Å². The molecule has 0 unspecified atom stereocenters. The number of ether oxygens (including phenoxy) is 1. The number of sulfonamides is 1. The summed E-state index contributed by atoms with van der Waals surface area (Å²) in [7, 11) is -4.11. The number of anilines is 2. The zero-order chi connectivity index (χ0) is 23.3. The van der Waals surface area contributed by atoms with Crippen LogP contribution in [0.4, 0.5) is 15.8 Å². The predicted octanol–water partition coefficient (Wildman–Crippen LogP) is 5.02. The maximum atomic E-state index is 13.5. The van der Waals surface area contributed by atoms with Crippen LogP contribution in [0.5, 0.6) is 5.75 Å². The number of benzene rings is 3. The van der Waals surface area contributed by atoms with E-state index in [1.807, 2.05) is 6.92 Å². The molecule has 0 radical (unpaired) electrons. The van der Waals surface area contributed by atoms with E-state index in [9.17, 15) is 17.6 Å². The third-order valence-electron chi connectivity index (χ3n) is 4.53. The highest BCUT2D eigenvalue weighted by atomic mass is 35.5. The molecule has 6 nitrogen and oxygen atoms in total. The third kappa shape index (κ3) is 5.38. The third-order valence-corrected chi connectivity index (χ3v) is 6.60. The first-order chi connectivity index (χ1) is 15.2. The van der Waals surface area contributed by atoms with Gasteiger partial charge < -0.3 is 10.1 Å². The minimum absolute atomic E-state index is 0.0343. The lowest BCUT2D eigenvalue weighted by atomic mass is 10.2. The SMILES string of the molecule is CCOc1ccccc1N(CC(=O)Nc1ccc(F)c(Cl)c1)S(=O)(=O)c1ccc(C)cc1. The fraction of sp³-hybridized carbons (Fsp3) is 0.174. The van der Waals surface area contributed by atoms with Gasteiger partial charge in [-0.25, -0.2) is 12.8 Å². The van der Waals surface area contributed by atoms with E-state index in [0.717, 1.165) is 15.9 Å². The highest BCUT2D eigenvalue weighted by Crippen LogP contribution is 2.32. The van der Waals surface area contributed by atoms with E-state index < -0.39 is 28.3 Å². The van der Waals surface area contributed by atoms with Crippen molar-refractivity contribution < 1.29 is 22.3 Å². The largest absolute Gasteiger partial charge is 0.492 e. The van der Waals surface area contributed by atoms with Gasteiger partial charge in [0.15, 0.2) is 0 Å². The van der Waals surface area contributed by atoms with Gasteiger partial charge in [-0.15, -0.1) is 0 Å². The molecule has 0 aliphatic rings. The van der Waals surface area contributed by atoms with Crippen LogP contribution in [0.25, 0.3) is 0 Å². The number of carbonyl (C=O) groups excluding carboxylic acids is 1. The van der Waals surface area contributed by atoms with Crippen LogP contribution in [-0.4, -0.2) is 27.5 Å². The molecule has 0 saturated carbocycles. The normalized spacial score (nSPS) is 11.1. The van der Waals surface area contributed by atoms with Crippen molar-refractivity contribution in [2.75, 3.05) is 22.8 Å². The van der Waals surface area contributed by atoms with Gasteiger partial charge in [-0.1, -0.05) is 41.4 Å². The zero-order valence-electron chi connectivity index (χ0n) is 17.5. The number of aryl methyl sites for hydroxylation is 1. The summed E-state index contributed by atoms with van der Waals surface area (Å²) in [6.07, 6.45) is 0. The lowest BCUT2D eigenvalue weighted by molar-refractivity contribution is -0.114. The van der Waals surface area contributed by atoms with Crippen LogP contribution in [0, 0.1) is 12.7 Å². The number of nitrogens with zero attached hydrogens (tertiary/aromatic N) is 1. The first kappa shape index (κ1) is 23.6. The van der Waals surface area contributed by atoms with Crippen LogP contribution >= 0.6 is 11.6 Å². The fourth-order valence-electron chi connectivity index (χ4n) is 2.98. The second-order valence-corrected chi connectivity index (χ2v) is 9.17. The number of carbonyl (C=O) groups is 1. The first-order valence-electron chi connectivity index (χ1n) is 9.78. The molecule has 3 rings (SSSR count). The summed E-state index contributed by atoms with van der Waals surface area (Å²) in [4.78, 5) is 12.8. The Bertz CT molecular complexity index is 1220. The molecular weight excluding hydrogens is 455 g/mol. The average molecular weight is 477 g/mol. The number of halogens is 2. The Morgan fingerprint density at radius 3 is 2.44 bits per heavy atom. The number of hydrogen-bond donors (Lipinski definition) is 1. The van der Waals surface area contributed by atoms with Crippen molar-refractivity contribution in [1.29, 1.82) is 0 Å². The van der Waals surface area contributed by atoms with Gasteiger partial charge in [0, 0.05) is 5.69 Å². The Morgan fingerprint density at radius 2 is 1.78 bits per heavy atom. The molecule has 0 aliphatic carbocycles. The Morgan fingerprint density at radius 1 is 1.09 bits per heavy atom. The molecule has 0 saturated heterocycles. The van der Waals surface area contributed by atoms with E-state index in [2.05, 4.69) is 5.32 Å². The van der Waals surface area contributed by atoms with Crippen molar-refractivity contribution in [2.24, 2.45) is 0 Å². The van der Waals surface area contributed by atoms with Crippen molar-refractivity contribution in [3.8, 4) is 5.75 Å². The molecule has 1 amide bonds. The summed E-state index contributed by atoms with van der Waals surface area (Å²) in [6.45, 7) is 3.41. The van der Waals surface area contributed by atoms with E-state index >= 15 is 0 Å². The maximum absolute atomic E-state index is 13.5. The monoisotopic (exact) mass is 476 g/mol. The molecule has 3 aromatic rings. The van der Waals surface area contributed by atoms with E-state index in [4.69, 9.17) is 16.3 Å². The molecule has 3 aromatic carbocycles. The Balaban J connectivity index is 1.99. The second-order valence-electron chi connectivity index (χ2n) is 6.90. The molecule has 0 bridgehead atoms. The van der Waals surface area contributed by atoms with Crippen LogP contribution < -0.4 is 14.4 Å². The summed E-state index contributed by atoms with van der Waals surface area (Å²) < 4.78 is 47.0. The maximum Gasteiger partial charge on any atom is 0.264 e. The molecule has 9 heteroatoms. The highest BCUT2D eigenvalue weighted by molar-refractivity contribution is 7.92. The minimum Gasteiger partial charge on any atom is -0.492 e. The summed E-state index contributed by atoms with van der Waals surface area (Å²) >= 11 is 5.77. The number of hydrogen-bond acceptors (Lipinski definition) is 4. The van der Waals surface area contributed by atoms with Crippen LogP contribution in [0.2, 0.25) is 5.02 Å². The average Bonchev–Trinajstić information content (AvgIpc) is 2.76. The fourth-order valence-corrected chi connectivity index (χ4v) is 4.59. The topological polar surface area (TPSA) is 75.7 Å². The van der Waals surface area contributed by atoms with Crippen LogP contribution in [0.3, 0.4) is 0 Å². The molecule has 0 heterocycles. The first-order valence-corrected chi connectivity index (χ1v) is 11.6. The van der Waals surface area contributed by atoms with Crippen molar-refractivity contribution >= 4 is 38.9 Å². The van der Waals surface area contributed by atoms with Gasteiger partial charge in [0.05, 0.1) is 22.2 Å². The zero-order valence-corrected chi connectivity index (χ0v) is 19.1. The van der Waals surface area contributed by atoms with Gasteiger partial charge in [-0.2, -0.15) is 0 Å². The van der Waals surface area contributed by atoms with Gasteiger partial charge in [-0.3, -0.25) is 9.10 Å².